The van der Waals surface area contributed by atoms with Gasteiger partial charge in [-0.2, -0.15) is 0 Å². The second kappa shape index (κ2) is 4.54. The van der Waals surface area contributed by atoms with Crippen LogP contribution in [0.2, 0.25) is 0 Å². The molecule has 1 fully saturated rings. The molecular formula is C14H20FN. The van der Waals surface area contributed by atoms with Crippen LogP contribution in [-0.4, -0.2) is 12.7 Å². The van der Waals surface area contributed by atoms with Crippen LogP contribution >= 0.6 is 0 Å². The predicted molar refractivity (Wildman–Crippen MR) is 65.3 cm³/mol. The molecule has 0 bridgehead atoms. The van der Waals surface area contributed by atoms with Crippen LogP contribution in [0.1, 0.15) is 43.4 Å². The van der Waals surface area contributed by atoms with E-state index >= 15 is 0 Å². The van der Waals surface area contributed by atoms with Gasteiger partial charge in [-0.15, -0.1) is 0 Å². The van der Waals surface area contributed by atoms with Gasteiger partial charge in [0.2, 0.25) is 0 Å². The maximum Gasteiger partial charge on any atom is 0.115 e. The molecule has 0 amide bonds. The third-order valence-corrected chi connectivity index (χ3v) is 3.71. The number of rotatable bonds is 4. The number of alkyl halides is 1. The summed E-state index contributed by atoms with van der Waals surface area (Å²) in [7, 11) is 1.94. The molecule has 1 nitrogen and oxygen atoms in total. The van der Waals surface area contributed by atoms with Crippen LogP contribution in [0.5, 0.6) is 0 Å². The molecule has 16 heavy (non-hydrogen) atoms. The van der Waals surface area contributed by atoms with Gasteiger partial charge in [0, 0.05) is 12.5 Å². The maximum absolute atomic E-state index is 14.1. The summed E-state index contributed by atoms with van der Waals surface area (Å²) in [5.74, 6) is 0. The minimum Gasteiger partial charge on any atom is -0.313 e. The SMILES string of the molecule is CNC(C)c1ccccc1CC1(F)CCC1. The Hall–Kier alpha value is -0.890. The molecule has 0 spiro atoms. The molecular weight excluding hydrogens is 201 g/mol. The monoisotopic (exact) mass is 221 g/mol. The van der Waals surface area contributed by atoms with Crippen molar-refractivity contribution in [3.8, 4) is 0 Å². The Balaban J connectivity index is 2.19. The average Bonchev–Trinajstić information content (AvgIpc) is 2.27. The smallest absolute Gasteiger partial charge is 0.115 e. The quantitative estimate of drug-likeness (QED) is 0.821. The van der Waals surface area contributed by atoms with Crippen molar-refractivity contribution in [2.45, 2.75) is 44.3 Å². The fourth-order valence-corrected chi connectivity index (χ4v) is 2.35. The number of halogens is 1. The molecule has 0 heterocycles. The summed E-state index contributed by atoms with van der Waals surface area (Å²) in [6.45, 7) is 2.12. The average molecular weight is 221 g/mol. The lowest BCUT2D eigenvalue weighted by Crippen LogP contribution is -2.34. The minimum atomic E-state index is -0.927. The Kier molecular flexibility index (Phi) is 3.29. The highest BCUT2D eigenvalue weighted by molar-refractivity contribution is 5.31. The number of hydrogen-bond donors (Lipinski definition) is 1. The Morgan fingerprint density at radius 1 is 1.38 bits per heavy atom. The van der Waals surface area contributed by atoms with E-state index in [9.17, 15) is 4.39 Å². The summed E-state index contributed by atoms with van der Waals surface area (Å²) < 4.78 is 14.1. The molecule has 0 aromatic heterocycles. The van der Waals surface area contributed by atoms with Crippen molar-refractivity contribution in [1.82, 2.24) is 5.32 Å². The molecule has 1 saturated carbocycles. The first-order chi connectivity index (χ1) is 7.64. The van der Waals surface area contributed by atoms with Gasteiger partial charge in [-0.1, -0.05) is 24.3 Å². The molecule has 0 aliphatic heterocycles. The van der Waals surface area contributed by atoms with Gasteiger partial charge >= 0.3 is 0 Å². The van der Waals surface area contributed by atoms with Crippen LogP contribution in [0.4, 0.5) is 4.39 Å². The lowest BCUT2D eigenvalue weighted by molar-refractivity contribution is 0.0638. The van der Waals surface area contributed by atoms with Gasteiger partial charge in [0.15, 0.2) is 0 Å². The van der Waals surface area contributed by atoms with E-state index in [1.54, 1.807) is 0 Å². The van der Waals surface area contributed by atoms with Crippen molar-refractivity contribution >= 4 is 0 Å². The molecule has 88 valence electrons. The predicted octanol–water partition coefficient (Wildman–Crippen LogP) is 3.40. The molecule has 1 aliphatic carbocycles. The van der Waals surface area contributed by atoms with Gasteiger partial charge in [-0.25, -0.2) is 4.39 Å². The summed E-state index contributed by atoms with van der Waals surface area (Å²) in [6, 6.07) is 8.48. The van der Waals surface area contributed by atoms with E-state index in [4.69, 9.17) is 0 Å². The van der Waals surface area contributed by atoms with Crippen molar-refractivity contribution in [3.63, 3.8) is 0 Å². The lowest BCUT2D eigenvalue weighted by Gasteiger charge is -2.34. The Morgan fingerprint density at radius 3 is 2.62 bits per heavy atom. The topological polar surface area (TPSA) is 12.0 Å². The van der Waals surface area contributed by atoms with Crippen molar-refractivity contribution in [2.24, 2.45) is 0 Å². The standard InChI is InChI=1S/C14H20FN/c1-11(16-2)13-7-4-3-6-12(13)10-14(15)8-5-9-14/h3-4,6-7,11,16H,5,8-10H2,1-2H3. The van der Waals surface area contributed by atoms with E-state index < -0.39 is 5.67 Å². The Morgan fingerprint density at radius 2 is 2.06 bits per heavy atom. The first kappa shape index (κ1) is 11.6. The zero-order valence-electron chi connectivity index (χ0n) is 10.1. The molecule has 2 heteroatoms. The Bertz CT molecular complexity index is 358. The van der Waals surface area contributed by atoms with E-state index in [1.165, 1.54) is 5.56 Å². The van der Waals surface area contributed by atoms with Crippen molar-refractivity contribution in [1.29, 1.82) is 0 Å². The van der Waals surface area contributed by atoms with E-state index in [1.807, 2.05) is 19.2 Å². The van der Waals surface area contributed by atoms with E-state index in [0.29, 0.717) is 12.5 Å². The fourth-order valence-electron chi connectivity index (χ4n) is 2.35. The lowest BCUT2D eigenvalue weighted by atomic mass is 9.76. The largest absolute Gasteiger partial charge is 0.313 e. The highest BCUT2D eigenvalue weighted by Crippen LogP contribution is 2.39. The highest BCUT2D eigenvalue weighted by Gasteiger charge is 2.37. The zero-order chi connectivity index (χ0) is 11.6. The van der Waals surface area contributed by atoms with Crippen LogP contribution in [0.3, 0.4) is 0 Å². The molecule has 1 unspecified atom stereocenters. The Labute approximate surface area is 97.1 Å². The van der Waals surface area contributed by atoms with Crippen LogP contribution in [0.25, 0.3) is 0 Å². The van der Waals surface area contributed by atoms with Crippen LogP contribution < -0.4 is 5.32 Å². The molecule has 0 radical (unpaired) electrons. The van der Waals surface area contributed by atoms with E-state index in [2.05, 4.69) is 24.4 Å². The molecule has 1 aromatic carbocycles. The summed E-state index contributed by atoms with van der Waals surface area (Å²) in [5.41, 5.74) is 1.46. The van der Waals surface area contributed by atoms with Crippen molar-refractivity contribution in [2.75, 3.05) is 7.05 Å². The zero-order valence-corrected chi connectivity index (χ0v) is 10.1. The molecule has 2 rings (SSSR count). The van der Waals surface area contributed by atoms with E-state index in [-0.39, 0.29) is 0 Å². The van der Waals surface area contributed by atoms with Gasteiger partial charge in [0.25, 0.3) is 0 Å². The van der Waals surface area contributed by atoms with Crippen LogP contribution in [0.15, 0.2) is 24.3 Å². The number of hydrogen-bond acceptors (Lipinski definition) is 1. The van der Waals surface area contributed by atoms with Crippen molar-refractivity contribution in [3.05, 3.63) is 35.4 Å². The van der Waals surface area contributed by atoms with E-state index in [0.717, 1.165) is 24.8 Å². The third kappa shape index (κ3) is 2.27. The highest BCUT2D eigenvalue weighted by atomic mass is 19.1. The second-order valence-corrected chi connectivity index (χ2v) is 4.89. The molecule has 1 atom stereocenters. The maximum atomic E-state index is 14.1. The van der Waals surface area contributed by atoms with Gasteiger partial charge in [-0.3, -0.25) is 0 Å². The summed E-state index contributed by atoms with van der Waals surface area (Å²) >= 11 is 0. The molecule has 1 N–H and O–H groups in total. The van der Waals surface area contributed by atoms with Gasteiger partial charge in [0.1, 0.15) is 5.67 Å². The van der Waals surface area contributed by atoms with Crippen molar-refractivity contribution < 1.29 is 4.39 Å². The first-order valence-electron chi connectivity index (χ1n) is 6.09. The molecule has 1 aliphatic rings. The number of benzene rings is 1. The first-order valence-corrected chi connectivity index (χ1v) is 6.09. The van der Waals surface area contributed by atoms with Crippen LogP contribution in [-0.2, 0) is 6.42 Å². The van der Waals surface area contributed by atoms with Gasteiger partial charge < -0.3 is 5.32 Å². The molecule has 0 saturated heterocycles. The molecule has 1 aromatic rings. The summed E-state index contributed by atoms with van der Waals surface area (Å²) in [6.07, 6.45) is 3.08. The summed E-state index contributed by atoms with van der Waals surface area (Å²) in [4.78, 5) is 0. The van der Waals surface area contributed by atoms with Gasteiger partial charge in [-0.05, 0) is 44.4 Å². The number of nitrogens with one attached hydrogen (secondary N) is 1. The van der Waals surface area contributed by atoms with Crippen LogP contribution in [0, 0.1) is 0 Å². The third-order valence-electron chi connectivity index (χ3n) is 3.71. The van der Waals surface area contributed by atoms with Gasteiger partial charge in [0.05, 0.1) is 0 Å². The summed E-state index contributed by atoms with van der Waals surface area (Å²) in [5, 5.41) is 3.22. The normalized spacial score (nSPS) is 20.2. The second-order valence-electron chi connectivity index (χ2n) is 4.89. The fraction of sp³-hybridized carbons (Fsp3) is 0.571. The minimum absolute atomic E-state index is 0.292.